The number of benzene rings is 1. The average Bonchev–Trinajstić information content (AvgIpc) is 2.84. The van der Waals surface area contributed by atoms with Gasteiger partial charge in [0.2, 0.25) is 0 Å². The van der Waals surface area contributed by atoms with E-state index in [1.54, 1.807) is 6.07 Å². The molecule has 2 unspecified atom stereocenters. The molecule has 0 aromatic heterocycles. The molecule has 0 radical (unpaired) electrons. The van der Waals surface area contributed by atoms with Crippen LogP contribution in [0.3, 0.4) is 0 Å². The molecular formula is C14H17F. The first-order chi connectivity index (χ1) is 6.95. The Morgan fingerprint density at radius 2 is 2.20 bits per heavy atom. The summed E-state index contributed by atoms with van der Waals surface area (Å²) in [5.74, 6) is 0.456. The topological polar surface area (TPSA) is 0 Å². The summed E-state index contributed by atoms with van der Waals surface area (Å²) in [6.07, 6.45) is 1.15. The third kappa shape index (κ3) is 1.60. The lowest BCUT2D eigenvalue weighted by atomic mass is 9.92. The molecule has 0 amide bonds. The zero-order valence-corrected chi connectivity index (χ0v) is 9.60. The fourth-order valence-corrected chi connectivity index (χ4v) is 2.40. The lowest BCUT2D eigenvalue weighted by molar-refractivity contribution is 0.614. The van der Waals surface area contributed by atoms with Crippen LogP contribution in [-0.2, 0) is 5.41 Å². The van der Waals surface area contributed by atoms with Crippen molar-refractivity contribution in [3.05, 3.63) is 47.3 Å². The van der Waals surface area contributed by atoms with Gasteiger partial charge >= 0.3 is 0 Å². The van der Waals surface area contributed by atoms with E-state index in [1.165, 1.54) is 11.1 Å². The number of aryl methyl sites for hydroxylation is 1. The number of allylic oxidation sites excluding steroid dienone is 1. The summed E-state index contributed by atoms with van der Waals surface area (Å²) in [6.45, 7) is 10.1. The van der Waals surface area contributed by atoms with Crippen molar-refractivity contribution in [2.75, 3.05) is 0 Å². The maximum absolute atomic E-state index is 13.1. The molecule has 1 heteroatoms. The molecule has 0 bridgehead atoms. The van der Waals surface area contributed by atoms with Crippen LogP contribution in [0.1, 0.15) is 31.4 Å². The summed E-state index contributed by atoms with van der Waals surface area (Å²) in [7, 11) is 0. The molecule has 0 aliphatic heterocycles. The summed E-state index contributed by atoms with van der Waals surface area (Å²) in [4.78, 5) is 0. The maximum Gasteiger partial charge on any atom is 0.126 e. The zero-order chi connectivity index (χ0) is 11.2. The van der Waals surface area contributed by atoms with Crippen LogP contribution < -0.4 is 0 Å². The minimum absolute atomic E-state index is 0.116. The minimum Gasteiger partial charge on any atom is -0.207 e. The smallest absolute Gasteiger partial charge is 0.126 e. The molecule has 80 valence electrons. The Balaban J connectivity index is 2.32. The predicted molar refractivity (Wildman–Crippen MR) is 61.4 cm³/mol. The number of halogens is 1. The molecule has 0 spiro atoms. The molecule has 2 atom stereocenters. The highest BCUT2D eigenvalue weighted by Gasteiger charge is 2.51. The highest BCUT2D eigenvalue weighted by atomic mass is 19.1. The van der Waals surface area contributed by atoms with E-state index >= 15 is 0 Å². The largest absolute Gasteiger partial charge is 0.207 e. The number of rotatable bonds is 2. The van der Waals surface area contributed by atoms with E-state index in [1.807, 2.05) is 19.1 Å². The van der Waals surface area contributed by atoms with Gasteiger partial charge in [0.05, 0.1) is 0 Å². The van der Waals surface area contributed by atoms with Crippen LogP contribution in [0.4, 0.5) is 4.39 Å². The lowest BCUT2D eigenvalue weighted by Gasteiger charge is -2.13. The Morgan fingerprint density at radius 3 is 2.67 bits per heavy atom. The predicted octanol–water partition coefficient (Wildman–Crippen LogP) is 3.99. The van der Waals surface area contributed by atoms with Gasteiger partial charge < -0.3 is 0 Å². The van der Waals surface area contributed by atoms with Crippen molar-refractivity contribution in [1.82, 2.24) is 0 Å². The van der Waals surface area contributed by atoms with Crippen molar-refractivity contribution in [3.8, 4) is 0 Å². The van der Waals surface area contributed by atoms with Crippen LogP contribution in [0.2, 0.25) is 0 Å². The van der Waals surface area contributed by atoms with Gasteiger partial charge in [-0.1, -0.05) is 31.2 Å². The molecule has 0 nitrogen and oxygen atoms in total. The fourth-order valence-electron chi connectivity index (χ4n) is 2.40. The summed E-state index contributed by atoms with van der Waals surface area (Å²) >= 11 is 0. The van der Waals surface area contributed by atoms with Gasteiger partial charge in [0.25, 0.3) is 0 Å². The van der Waals surface area contributed by atoms with Crippen LogP contribution in [0.5, 0.6) is 0 Å². The molecule has 1 fully saturated rings. The van der Waals surface area contributed by atoms with E-state index in [9.17, 15) is 4.39 Å². The first kappa shape index (κ1) is 10.4. The summed E-state index contributed by atoms with van der Waals surface area (Å²) < 4.78 is 13.1. The zero-order valence-electron chi connectivity index (χ0n) is 9.60. The summed E-state index contributed by atoms with van der Waals surface area (Å²) in [5.41, 5.74) is 3.42. The Hall–Kier alpha value is -1.11. The molecule has 1 aliphatic rings. The van der Waals surface area contributed by atoms with Gasteiger partial charge in [0, 0.05) is 0 Å². The van der Waals surface area contributed by atoms with Gasteiger partial charge in [-0.2, -0.15) is 0 Å². The monoisotopic (exact) mass is 204 g/mol. The molecule has 0 N–H and O–H groups in total. The van der Waals surface area contributed by atoms with Crippen molar-refractivity contribution < 1.29 is 4.39 Å². The Labute approximate surface area is 90.8 Å². The molecule has 2 rings (SSSR count). The van der Waals surface area contributed by atoms with Gasteiger partial charge in [0.15, 0.2) is 0 Å². The molecule has 1 aliphatic carbocycles. The highest BCUT2D eigenvalue weighted by molar-refractivity contribution is 5.39. The van der Waals surface area contributed by atoms with E-state index in [2.05, 4.69) is 20.4 Å². The third-order valence-corrected chi connectivity index (χ3v) is 3.65. The summed E-state index contributed by atoms with van der Waals surface area (Å²) in [5, 5.41) is 0. The van der Waals surface area contributed by atoms with Gasteiger partial charge in [-0.3, -0.25) is 0 Å². The number of hydrogen-bond acceptors (Lipinski definition) is 0. The summed E-state index contributed by atoms with van der Waals surface area (Å²) in [6, 6.07) is 5.45. The quantitative estimate of drug-likeness (QED) is 0.639. The Bertz CT molecular complexity index is 419. The second-order valence-electron chi connectivity index (χ2n) is 4.98. The molecule has 0 heterocycles. The molecule has 1 aromatic carbocycles. The van der Waals surface area contributed by atoms with Crippen molar-refractivity contribution in [3.63, 3.8) is 0 Å². The second kappa shape index (κ2) is 3.19. The van der Waals surface area contributed by atoms with Gasteiger partial charge in [-0.15, -0.1) is 0 Å². The number of hydrogen-bond donors (Lipinski definition) is 0. The van der Waals surface area contributed by atoms with Gasteiger partial charge in [-0.05, 0) is 48.8 Å². The maximum atomic E-state index is 13.1. The van der Waals surface area contributed by atoms with Crippen LogP contribution >= 0.6 is 0 Å². The van der Waals surface area contributed by atoms with E-state index in [4.69, 9.17) is 0 Å². The lowest BCUT2D eigenvalue weighted by Crippen LogP contribution is -2.05. The minimum atomic E-state index is -0.116. The van der Waals surface area contributed by atoms with E-state index < -0.39 is 0 Å². The fraction of sp³-hybridized carbons (Fsp3) is 0.429. The molecule has 15 heavy (non-hydrogen) atoms. The van der Waals surface area contributed by atoms with Crippen LogP contribution in [0.15, 0.2) is 30.4 Å². The normalized spacial score (nSPS) is 28.9. The standard InChI is InChI=1S/C14H17F/c1-9(2)12-8-14(12,4)11-5-6-13(15)10(3)7-11/h5-7,12H,1,8H2,2-4H3. The van der Waals surface area contributed by atoms with Crippen LogP contribution in [0, 0.1) is 18.7 Å². The first-order valence-corrected chi connectivity index (χ1v) is 5.37. The van der Waals surface area contributed by atoms with Gasteiger partial charge in [0.1, 0.15) is 5.82 Å². The van der Waals surface area contributed by atoms with Crippen molar-refractivity contribution in [1.29, 1.82) is 0 Å². The van der Waals surface area contributed by atoms with Crippen LogP contribution in [-0.4, -0.2) is 0 Å². The van der Waals surface area contributed by atoms with E-state index in [-0.39, 0.29) is 11.2 Å². The average molecular weight is 204 g/mol. The Kier molecular flexibility index (Phi) is 2.22. The van der Waals surface area contributed by atoms with Crippen LogP contribution in [0.25, 0.3) is 0 Å². The highest BCUT2D eigenvalue weighted by Crippen LogP contribution is 2.57. The third-order valence-electron chi connectivity index (χ3n) is 3.65. The van der Waals surface area contributed by atoms with Crippen molar-refractivity contribution >= 4 is 0 Å². The van der Waals surface area contributed by atoms with Crippen molar-refractivity contribution in [2.45, 2.75) is 32.6 Å². The second-order valence-corrected chi connectivity index (χ2v) is 4.98. The van der Waals surface area contributed by atoms with Crippen molar-refractivity contribution in [2.24, 2.45) is 5.92 Å². The molecular weight excluding hydrogens is 187 g/mol. The SMILES string of the molecule is C=C(C)C1CC1(C)c1ccc(F)c(C)c1. The van der Waals surface area contributed by atoms with E-state index in [0.29, 0.717) is 5.92 Å². The van der Waals surface area contributed by atoms with Gasteiger partial charge in [-0.25, -0.2) is 4.39 Å². The molecule has 0 saturated heterocycles. The Morgan fingerprint density at radius 1 is 1.53 bits per heavy atom. The van der Waals surface area contributed by atoms with E-state index in [0.717, 1.165) is 12.0 Å². The molecule has 1 aromatic rings. The first-order valence-electron chi connectivity index (χ1n) is 5.37. The molecule has 1 saturated carbocycles.